The molecule has 3 heteroatoms. The first kappa shape index (κ1) is 13.6. The Morgan fingerprint density at radius 2 is 1.84 bits per heavy atom. The van der Waals surface area contributed by atoms with Gasteiger partial charge >= 0.3 is 0 Å². The summed E-state index contributed by atoms with van der Waals surface area (Å²) in [6, 6.07) is 7.47. The fourth-order valence-corrected chi connectivity index (χ4v) is 3.93. The fraction of sp³-hybridized carbons (Fsp3) is 0.625. The maximum Gasteiger partial charge on any atom is 0.0360 e. The molecule has 3 rings (SSSR count). The van der Waals surface area contributed by atoms with Crippen molar-refractivity contribution in [3.63, 3.8) is 0 Å². The lowest BCUT2D eigenvalue weighted by Crippen LogP contribution is -2.45. The summed E-state index contributed by atoms with van der Waals surface area (Å²) in [5.41, 5.74) is 3.39. The Labute approximate surface area is 124 Å². The average molecular weight is 323 g/mol. The Morgan fingerprint density at radius 3 is 2.53 bits per heavy atom. The molecule has 104 valence electrons. The molecule has 1 atom stereocenters. The highest BCUT2D eigenvalue weighted by Crippen LogP contribution is 2.48. The Kier molecular flexibility index (Phi) is 3.48. The molecule has 1 heterocycles. The van der Waals surface area contributed by atoms with Gasteiger partial charge in [0.2, 0.25) is 0 Å². The van der Waals surface area contributed by atoms with Crippen molar-refractivity contribution in [2.24, 2.45) is 0 Å². The molecule has 2 aliphatic rings. The lowest BCUT2D eigenvalue weighted by molar-refractivity contribution is 0.105. The zero-order valence-corrected chi connectivity index (χ0v) is 13.7. The van der Waals surface area contributed by atoms with Gasteiger partial charge in [-0.1, -0.05) is 35.8 Å². The molecule has 19 heavy (non-hydrogen) atoms. The maximum absolute atomic E-state index is 3.62. The molecule has 1 fully saturated rings. The van der Waals surface area contributed by atoms with E-state index < -0.39 is 0 Å². The van der Waals surface area contributed by atoms with Gasteiger partial charge in [-0.05, 0) is 42.1 Å². The summed E-state index contributed by atoms with van der Waals surface area (Å²) < 4.78 is 1.21. The quantitative estimate of drug-likeness (QED) is 0.781. The first-order chi connectivity index (χ1) is 8.97. The van der Waals surface area contributed by atoms with E-state index in [-0.39, 0.29) is 0 Å². The summed E-state index contributed by atoms with van der Waals surface area (Å²) in [6.07, 6.45) is 1.25. The second-order valence-corrected chi connectivity index (χ2v) is 7.59. The molecule has 0 N–H and O–H groups in total. The van der Waals surface area contributed by atoms with Gasteiger partial charge in [0.25, 0.3) is 0 Å². The lowest BCUT2D eigenvalue weighted by Gasteiger charge is -2.37. The molecular weight excluding hydrogens is 300 g/mol. The van der Waals surface area contributed by atoms with E-state index in [2.05, 4.69) is 64.8 Å². The van der Waals surface area contributed by atoms with Gasteiger partial charge in [-0.2, -0.15) is 0 Å². The van der Waals surface area contributed by atoms with Crippen molar-refractivity contribution in [1.82, 2.24) is 9.80 Å². The summed E-state index contributed by atoms with van der Waals surface area (Å²) in [4.78, 5) is 5.11. The molecule has 1 aromatic rings. The molecule has 0 radical (unpaired) electrons. The van der Waals surface area contributed by atoms with E-state index in [0.29, 0.717) is 11.5 Å². The number of hydrogen-bond donors (Lipinski definition) is 0. The normalized spacial score (nSPS) is 27.5. The number of rotatable bonds is 1. The lowest BCUT2D eigenvalue weighted by atomic mass is 9.86. The molecular formula is C16H23BrN2. The highest BCUT2D eigenvalue weighted by atomic mass is 79.9. The van der Waals surface area contributed by atoms with Gasteiger partial charge < -0.3 is 4.90 Å². The van der Waals surface area contributed by atoms with Crippen molar-refractivity contribution < 1.29 is 0 Å². The molecule has 1 aliphatic heterocycles. The van der Waals surface area contributed by atoms with Crippen LogP contribution in [0.5, 0.6) is 0 Å². The summed E-state index contributed by atoms with van der Waals surface area (Å²) in [7, 11) is 2.22. The minimum absolute atomic E-state index is 0.299. The molecule has 0 spiro atoms. The Hall–Kier alpha value is -0.380. The zero-order chi connectivity index (χ0) is 13.6. The molecule has 1 saturated heterocycles. The topological polar surface area (TPSA) is 6.48 Å². The molecule has 0 saturated carbocycles. The zero-order valence-electron chi connectivity index (χ0n) is 12.1. The van der Waals surface area contributed by atoms with E-state index in [1.54, 1.807) is 5.56 Å². The van der Waals surface area contributed by atoms with E-state index >= 15 is 0 Å². The largest absolute Gasteiger partial charge is 0.304 e. The predicted molar refractivity (Wildman–Crippen MR) is 83.6 cm³/mol. The number of likely N-dealkylation sites (N-methyl/N-ethyl adjacent to an activating group) is 1. The number of nitrogens with zero attached hydrogens (tertiary/aromatic N) is 2. The first-order valence-corrected chi connectivity index (χ1v) is 7.99. The maximum atomic E-state index is 3.62. The van der Waals surface area contributed by atoms with Crippen LogP contribution in [0.15, 0.2) is 22.7 Å². The van der Waals surface area contributed by atoms with Gasteiger partial charge in [-0.25, -0.2) is 0 Å². The van der Waals surface area contributed by atoms with Crippen LogP contribution in [-0.4, -0.2) is 43.0 Å². The molecule has 0 amide bonds. The number of piperazine rings is 1. The Bertz CT molecular complexity index is 476. The van der Waals surface area contributed by atoms with Crippen LogP contribution in [-0.2, 0) is 5.41 Å². The number of hydrogen-bond acceptors (Lipinski definition) is 2. The second-order valence-electron chi connectivity index (χ2n) is 6.67. The van der Waals surface area contributed by atoms with Crippen LogP contribution >= 0.6 is 15.9 Å². The minimum atomic E-state index is 0.299. The Morgan fingerprint density at radius 1 is 1.16 bits per heavy atom. The van der Waals surface area contributed by atoms with Gasteiger partial charge in [0.15, 0.2) is 0 Å². The van der Waals surface area contributed by atoms with Crippen LogP contribution in [0.25, 0.3) is 0 Å². The van der Waals surface area contributed by atoms with Crippen LogP contribution in [0, 0.1) is 0 Å². The second kappa shape index (κ2) is 4.87. The Balaban J connectivity index is 1.90. The van der Waals surface area contributed by atoms with Crippen molar-refractivity contribution >= 4 is 15.9 Å². The van der Waals surface area contributed by atoms with Crippen molar-refractivity contribution in [2.45, 2.75) is 31.7 Å². The van der Waals surface area contributed by atoms with Crippen LogP contribution in [0.3, 0.4) is 0 Å². The highest BCUT2D eigenvalue weighted by Gasteiger charge is 2.39. The molecule has 1 aromatic carbocycles. The molecule has 0 aromatic heterocycles. The third-order valence-corrected chi connectivity index (χ3v) is 5.28. The van der Waals surface area contributed by atoms with Crippen LogP contribution in [0.2, 0.25) is 0 Å². The molecule has 0 bridgehead atoms. The smallest absolute Gasteiger partial charge is 0.0360 e. The van der Waals surface area contributed by atoms with Gasteiger partial charge in [0.05, 0.1) is 0 Å². The van der Waals surface area contributed by atoms with Crippen LogP contribution < -0.4 is 0 Å². The summed E-state index contributed by atoms with van der Waals surface area (Å²) in [5.74, 6) is 0. The number of halogens is 1. The van der Waals surface area contributed by atoms with Crippen LogP contribution in [0.1, 0.15) is 37.4 Å². The average Bonchev–Trinajstić information content (AvgIpc) is 2.62. The number of fused-ring (bicyclic) bond motifs is 1. The van der Waals surface area contributed by atoms with Crippen molar-refractivity contribution in [2.75, 3.05) is 33.2 Å². The predicted octanol–water partition coefficient (Wildman–Crippen LogP) is 3.42. The molecule has 1 aliphatic carbocycles. The highest BCUT2D eigenvalue weighted by molar-refractivity contribution is 9.10. The third kappa shape index (κ3) is 2.48. The van der Waals surface area contributed by atoms with Gasteiger partial charge in [-0.3, -0.25) is 4.90 Å². The van der Waals surface area contributed by atoms with Gasteiger partial charge in [0, 0.05) is 36.7 Å². The monoisotopic (exact) mass is 322 g/mol. The standard InChI is InChI=1S/C16H23BrN2/c1-16(2)11-15(19-8-6-18(3)7-9-19)13-5-4-12(17)10-14(13)16/h4-5,10,15H,6-9,11H2,1-3H3. The summed E-state index contributed by atoms with van der Waals surface area (Å²) in [5, 5.41) is 0. The van der Waals surface area contributed by atoms with Gasteiger partial charge in [-0.15, -0.1) is 0 Å². The van der Waals surface area contributed by atoms with E-state index in [1.807, 2.05) is 0 Å². The fourth-order valence-electron chi connectivity index (χ4n) is 3.57. The van der Waals surface area contributed by atoms with E-state index in [4.69, 9.17) is 0 Å². The van der Waals surface area contributed by atoms with E-state index in [0.717, 1.165) is 0 Å². The minimum Gasteiger partial charge on any atom is -0.304 e. The molecule has 2 nitrogen and oxygen atoms in total. The van der Waals surface area contributed by atoms with Gasteiger partial charge in [0.1, 0.15) is 0 Å². The van der Waals surface area contributed by atoms with Crippen molar-refractivity contribution in [3.05, 3.63) is 33.8 Å². The third-order valence-electron chi connectivity index (χ3n) is 4.79. The van der Waals surface area contributed by atoms with Crippen LogP contribution in [0.4, 0.5) is 0 Å². The van der Waals surface area contributed by atoms with E-state index in [9.17, 15) is 0 Å². The van der Waals surface area contributed by atoms with E-state index in [1.165, 1.54) is 42.6 Å². The van der Waals surface area contributed by atoms with Crippen molar-refractivity contribution in [1.29, 1.82) is 0 Å². The first-order valence-electron chi connectivity index (χ1n) is 7.20. The number of benzene rings is 1. The summed E-state index contributed by atoms with van der Waals surface area (Å²) in [6.45, 7) is 9.56. The summed E-state index contributed by atoms with van der Waals surface area (Å²) >= 11 is 3.62. The SMILES string of the molecule is CN1CCN(C2CC(C)(C)c3cc(Br)ccc32)CC1. The van der Waals surface area contributed by atoms with Crippen molar-refractivity contribution in [3.8, 4) is 0 Å². The molecule has 1 unspecified atom stereocenters.